The van der Waals surface area contributed by atoms with Crippen LogP contribution in [0.15, 0.2) is 29.2 Å². The van der Waals surface area contributed by atoms with Crippen LogP contribution in [0, 0.1) is 0 Å². The number of carbonyl (C=O) groups excluding carboxylic acids is 2. The van der Waals surface area contributed by atoms with Gasteiger partial charge in [-0.05, 0) is 18.2 Å². The molecule has 0 aromatic heterocycles. The molecule has 8 heteroatoms. The van der Waals surface area contributed by atoms with Crippen LogP contribution in [0.5, 0.6) is 0 Å². The zero-order valence-electron chi connectivity index (χ0n) is 10.8. The molecule has 1 heterocycles. The highest BCUT2D eigenvalue weighted by Gasteiger charge is 2.33. The molecule has 0 saturated carbocycles. The predicted molar refractivity (Wildman–Crippen MR) is 76.0 cm³/mol. The highest BCUT2D eigenvalue weighted by atomic mass is 32.2. The lowest BCUT2D eigenvalue weighted by Gasteiger charge is -2.21. The third kappa shape index (κ3) is 2.96. The molecule has 2 amide bonds. The van der Waals surface area contributed by atoms with Crippen molar-refractivity contribution in [2.75, 3.05) is 17.9 Å². The number of nitrogens with two attached hydrogens (primary N) is 1. The largest absolute Gasteiger partial charge is 0.368 e. The molecule has 1 saturated heterocycles. The van der Waals surface area contributed by atoms with Gasteiger partial charge in [-0.2, -0.15) is 0 Å². The van der Waals surface area contributed by atoms with E-state index in [1.54, 1.807) is 0 Å². The van der Waals surface area contributed by atoms with Crippen LogP contribution in [0.1, 0.15) is 10.4 Å². The molecule has 1 aromatic carbocycles. The molecule has 1 fully saturated rings. The predicted octanol–water partition coefficient (Wildman–Crippen LogP) is 0.0905. The number of benzene rings is 1. The number of thioether (sulfide) groups is 1. The Morgan fingerprint density at radius 2 is 2.10 bits per heavy atom. The van der Waals surface area contributed by atoms with Crippen molar-refractivity contribution in [1.82, 2.24) is 4.90 Å². The minimum Gasteiger partial charge on any atom is -0.368 e. The Kier molecular flexibility index (Phi) is 4.05. The summed E-state index contributed by atoms with van der Waals surface area (Å²) in [5.74, 6) is -0.102. The summed E-state index contributed by atoms with van der Waals surface area (Å²) in [5, 5.41) is 0. The van der Waals surface area contributed by atoms with E-state index in [0.717, 1.165) is 6.26 Å². The summed E-state index contributed by atoms with van der Waals surface area (Å²) >= 11 is 1.44. The first kappa shape index (κ1) is 14.9. The first-order valence-electron chi connectivity index (χ1n) is 5.79. The Labute approximate surface area is 121 Å². The van der Waals surface area contributed by atoms with Gasteiger partial charge >= 0.3 is 0 Å². The van der Waals surface area contributed by atoms with Crippen molar-refractivity contribution in [3.8, 4) is 0 Å². The number of hydrogen-bond donors (Lipinski definition) is 1. The first-order chi connectivity index (χ1) is 9.30. The van der Waals surface area contributed by atoms with Gasteiger partial charge in [-0.3, -0.25) is 9.59 Å². The second-order valence-electron chi connectivity index (χ2n) is 4.49. The molecule has 1 atom stereocenters. The summed E-state index contributed by atoms with van der Waals surface area (Å²) in [4.78, 5) is 25.1. The van der Waals surface area contributed by atoms with Gasteiger partial charge in [-0.25, -0.2) is 8.42 Å². The Hall–Kier alpha value is -1.54. The van der Waals surface area contributed by atoms with Gasteiger partial charge in [0.1, 0.15) is 6.04 Å². The second kappa shape index (κ2) is 5.45. The Morgan fingerprint density at radius 3 is 2.70 bits per heavy atom. The van der Waals surface area contributed by atoms with Gasteiger partial charge in [0.25, 0.3) is 5.91 Å². The lowest BCUT2D eigenvalue weighted by atomic mass is 10.1. The maximum absolute atomic E-state index is 12.4. The summed E-state index contributed by atoms with van der Waals surface area (Å²) in [5.41, 5.74) is 5.50. The highest BCUT2D eigenvalue weighted by molar-refractivity contribution is 7.99. The molecule has 6 nitrogen and oxygen atoms in total. The van der Waals surface area contributed by atoms with Gasteiger partial charge in [-0.15, -0.1) is 11.8 Å². The number of amides is 2. The molecule has 2 N–H and O–H groups in total. The van der Waals surface area contributed by atoms with Crippen LogP contribution in [-0.2, 0) is 14.6 Å². The number of primary amides is 1. The lowest BCUT2D eigenvalue weighted by Crippen LogP contribution is -2.45. The molecule has 1 aromatic rings. The summed E-state index contributed by atoms with van der Waals surface area (Å²) in [6.45, 7) is 0. The molecule has 108 valence electrons. The van der Waals surface area contributed by atoms with Crippen LogP contribution in [0.2, 0.25) is 0 Å². The van der Waals surface area contributed by atoms with E-state index in [4.69, 9.17) is 5.73 Å². The summed E-state index contributed by atoms with van der Waals surface area (Å²) in [7, 11) is -3.38. The number of nitrogens with zero attached hydrogens (tertiary/aromatic N) is 1. The first-order valence-corrected chi connectivity index (χ1v) is 8.83. The van der Waals surface area contributed by atoms with Crippen molar-refractivity contribution >= 4 is 33.4 Å². The van der Waals surface area contributed by atoms with Crippen LogP contribution in [-0.4, -0.2) is 49.1 Å². The number of carbonyl (C=O) groups is 2. The van der Waals surface area contributed by atoms with E-state index in [2.05, 4.69) is 0 Å². The molecule has 1 aliphatic heterocycles. The molecular weight excluding hydrogens is 300 g/mol. The van der Waals surface area contributed by atoms with E-state index >= 15 is 0 Å². The van der Waals surface area contributed by atoms with Crippen molar-refractivity contribution in [1.29, 1.82) is 0 Å². The van der Waals surface area contributed by atoms with Gasteiger partial charge in [0, 0.05) is 17.6 Å². The maximum Gasteiger partial charge on any atom is 0.255 e. The molecule has 0 spiro atoms. The zero-order valence-corrected chi connectivity index (χ0v) is 12.4. The Morgan fingerprint density at radius 1 is 1.40 bits per heavy atom. The lowest BCUT2D eigenvalue weighted by molar-refractivity contribution is -0.121. The van der Waals surface area contributed by atoms with E-state index in [1.807, 2.05) is 0 Å². The Bertz CT molecular complexity index is 657. The molecule has 1 unspecified atom stereocenters. The fourth-order valence-electron chi connectivity index (χ4n) is 1.90. The van der Waals surface area contributed by atoms with Crippen LogP contribution in [0.3, 0.4) is 0 Å². The number of rotatable bonds is 3. The molecule has 0 aliphatic carbocycles. The van der Waals surface area contributed by atoms with Crippen molar-refractivity contribution in [3.05, 3.63) is 29.8 Å². The van der Waals surface area contributed by atoms with E-state index < -0.39 is 21.8 Å². The smallest absolute Gasteiger partial charge is 0.255 e. The van der Waals surface area contributed by atoms with Crippen LogP contribution < -0.4 is 5.73 Å². The minimum atomic E-state index is -3.38. The Balaban J connectivity index is 2.32. The van der Waals surface area contributed by atoms with Crippen LogP contribution in [0.25, 0.3) is 0 Å². The molecule has 0 bridgehead atoms. The molecule has 20 heavy (non-hydrogen) atoms. The van der Waals surface area contributed by atoms with Crippen molar-refractivity contribution in [2.45, 2.75) is 10.9 Å². The zero-order chi connectivity index (χ0) is 14.9. The quantitative estimate of drug-likeness (QED) is 0.853. The van der Waals surface area contributed by atoms with Gasteiger partial charge in [-0.1, -0.05) is 6.07 Å². The van der Waals surface area contributed by atoms with Crippen LogP contribution in [0.4, 0.5) is 0 Å². The van der Waals surface area contributed by atoms with E-state index in [1.165, 1.54) is 40.9 Å². The number of sulfone groups is 1. The van der Waals surface area contributed by atoms with Gasteiger partial charge < -0.3 is 10.6 Å². The second-order valence-corrected chi connectivity index (χ2v) is 7.51. The maximum atomic E-state index is 12.4. The van der Waals surface area contributed by atoms with Crippen molar-refractivity contribution < 1.29 is 18.0 Å². The summed E-state index contributed by atoms with van der Waals surface area (Å²) in [6, 6.07) is 5.13. The monoisotopic (exact) mass is 314 g/mol. The van der Waals surface area contributed by atoms with E-state index in [9.17, 15) is 18.0 Å². The standard InChI is InChI=1S/C12H14N2O4S2/c1-20(17,18)9-4-2-3-8(5-9)12(16)14-7-19-6-10(14)11(13)15/h2-5,10H,6-7H2,1H3,(H2,13,15). The molecule has 0 radical (unpaired) electrons. The fraction of sp³-hybridized carbons (Fsp3) is 0.333. The van der Waals surface area contributed by atoms with E-state index in [-0.39, 0.29) is 16.4 Å². The van der Waals surface area contributed by atoms with Crippen molar-refractivity contribution in [2.24, 2.45) is 5.73 Å². The average molecular weight is 314 g/mol. The van der Waals surface area contributed by atoms with Crippen LogP contribution >= 0.6 is 11.8 Å². The average Bonchev–Trinajstić information content (AvgIpc) is 2.86. The minimum absolute atomic E-state index is 0.0748. The molecule has 1 aliphatic rings. The normalized spacial score (nSPS) is 19.1. The number of hydrogen-bond acceptors (Lipinski definition) is 5. The highest BCUT2D eigenvalue weighted by Crippen LogP contribution is 2.23. The molecule has 2 rings (SSSR count). The van der Waals surface area contributed by atoms with Gasteiger partial charge in [0.15, 0.2) is 9.84 Å². The summed E-state index contributed by atoms with van der Waals surface area (Å²) in [6.07, 6.45) is 1.08. The summed E-state index contributed by atoms with van der Waals surface area (Å²) < 4.78 is 23.0. The van der Waals surface area contributed by atoms with Crippen molar-refractivity contribution in [3.63, 3.8) is 0 Å². The third-order valence-corrected chi connectivity index (χ3v) is 5.10. The SMILES string of the molecule is CS(=O)(=O)c1cccc(C(=O)N2CSCC2C(N)=O)c1. The third-order valence-electron chi connectivity index (χ3n) is 2.98. The fourth-order valence-corrected chi connectivity index (χ4v) is 3.74. The van der Waals surface area contributed by atoms with Gasteiger partial charge in [0.05, 0.1) is 10.8 Å². The topological polar surface area (TPSA) is 97.5 Å². The molecular formula is C12H14N2O4S2. The van der Waals surface area contributed by atoms with Gasteiger partial charge in [0.2, 0.25) is 5.91 Å². The van der Waals surface area contributed by atoms with E-state index in [0.29, 0.717) is 11.6 Å².